The molecule has 1 unspecified atom stereocenters. The first-order valence-corrected chi connectivity index (χ1v) is 6.77. The maximum Gasteiger partial charge on any atom is 0.119 e. The standard InChI is InChI=1S/C15H23NO2/c1-16-11-15(18-13-7-3-4-8-13)12-6-5-9-14(10-12)17-2/h5-6,9-10,13,15-16H,3-4,7-8,11H2,1-2H3. The van der Waals surface area contributed by atoms with Crippen LogP contribution in [0.5, 0.6) is 5.75 Å². The van der Waals surface area contributed by atoms with E-state index >= 15 is 0 Å². The van der Waals surface area contributed by atoms with Crippen LogP contribution in [0.15, 0.2) is 24.3 Å². The number of likely N-dealkylation sites (N-methyl/N-ethyl adjacent to an activating group) is 1. The Bertz CT molecular complexity index is 361. The van der Waals surface area contributed by atoms with E-state index in [9.17, 15) is 0 Å². The predicted molar refractivity (Wildman–Crippen MR) is 73.0 cm³/mol. The van der Waals surface area contributed by atoms with Crippen LogP contribution in [0.2, 0.25) is 0 Å². The first-order chi connectivity index (χ1) is 8.83. The Labute approximate surface area is 109 Å². The highest BCUT2D eigenvalue weighted by atomic mass is 16.5. The van der Waals surface area contributed by atoms with Crippen molar-refractivity contribution >= 4 is 0 Å². The normalized spacial score (nSPS) is 17.9. The number of hydrogen-bond donors (Lipinski definition) is 1. The van der Waals surface area contributed by atoms with Gasteiger partial charge in [0.1, 0.15) is 5.75 Å². The van der Waals surface area contributed by atoms with Crippen molar-refractivity contribution in [3.8, 4) is 5.75 Å². The minimum Gasteiger partial charge on any atom is -0.497 e. The van der Waals surface area contributed by atoms with Crippen molar-refractivity contribution < 1.29 is 9.47 Å². The van der Waals surface area contributed by atoms with Gasteiger partial charge in [0.15, 0.2) is 0 Å². The molecule has 1 atom stereocenters. The van der Waals surface area contributed by atoms with E-state index in [2.05, 4.69) is 17.4 Å². The highest BCUT2D eigenvalue weighted by Crippen LogP contribution is 2.28. The van der Waals surface area contributed by atoms with Crippen molar-refractivity contribution in [2.75, 3.05) is 20.7 Å². The molecular weight excluding hydrogens is 226 g/mol. The van der Waals surface area contributed by atoms with Gasteiger partial charge in [-0.05, 0) is 37.6 Å². The van der Waals surface area contributed by atoms with Crippen LogP contribution in [0.1, 0.15) is 37.4 Å². The second kappa shape index (κ2) is 6.76. The summed E-state index contributed by atoms with van der Waals surface area (Å²) in [7, 11) is 3.66. The molecule has 0 aromatic heterocycles. The predicted octanol–water partition coefficient (Wildman–Crippen LogP) is 2.91. The molecule has 0 heterocycles. The molecule has 18 heavy (non-hydrogen) atoms. The quantitative estimate of drug-likeness (QED) is 0.841. The van der Waals surface area contributed by atoms with Gasteiger partial charge in [0.25, 0.3) is 0 Å². The van der Waals surface area contributed by atoms with E-state index in [1.807, 2.05) is 19.2 Å². The third-order valence-corrected chi connectivity index (χ3v) is 3.51. The zero-order valence-corrected chi connectivity index (χ0v) is 11.3. The Morgan fingerprint density at radius 1 is 1.33 bits per heavy atom. The first kappa shape index (κ1) is 13.4. The fraction of sp³-hybridized carbons (Fsp3) is 0.600. The largest absolute Gasteiger partial charge is 0.497 e. The summed E-state index contributed by atoms with van der Waals surface area (Å²) in [6.07, 6.45) is 5.54. The fourth-order valence-corrected chi connectivity index (χ4v) is 2.53. The number of hydrogen-bond acceptors (Lipinski definition) is 3. The minimum absolute atomic E-state index is 0.119. The van der Waals surface area contributed by atoms with E-state index in [4.69, 9.17) is 9.47 Å². The zero-order chi connectivity index (χ0) is 12.8. The average Bonchev–Trinajstić information content (AvgIpc) is 2.91. The Kier molecular flexibility index (Phi) is 5.02. The SMILES string of the molecule is CNCC(OC1CCCC1)c1cccc(OC)c1. The number of nitrogens with one attached hydrogen (secondary N) is 1. The molecule has 2 rings (SSSR count). The number of ether oxygens (including phenoxy) is 2. The molecule has 0 saturated heterocycles. The topological polar surface area (TPSA) is 30.5 Å². The first-order valence-electron chi connectivity index (χ1n) is 6.77. The molecule has 0 amide bonds. The summed E-state index contributed by atoms with van der Waals surface area (Å²) in [5, 5.41) is 3.21. The van der Waals surface area contributed by atoms with Gasteiger partial charge < -0.3 is 14.8 Å². The van der Waals surface area contributed by atoms with E-state index in [1.54, 1.807) is 7.11 Å². The second-order valence-electron chi connectivity index (χ2n) is 4.87. The van der Waals surface area contributed by atoms with Gasteiger partial charge in [-0.2, -0.15) is 0 Å². The second-order valence-corrected chi connectivity index (χ2v) is 4.87. The maximum atomic E-state index is 6.22. The lowest BCUT2D eigenvalue weighted by Gasteiger charge is -2.22. The Morgan fingerprint density at radius 2 is 2.11 bits per heavy atom. The van der Waals surface area contributed by atoms with Gasteiger partial charge in [-0.25, -0.2) is 0 Å². The molecule has 1 aromatic carbocycles. The van der Waals surface area contributed by atoms with Crippen LogP contribution in [0, 0.1) is 0 Å². The van der Waals surface area contributed by atoms with Crippen molar-refractivity contribution in [3.05, 3.63) is 29.8 Å². The molecule has 0 aliphatic heterocycles. The monoisotopic (exact) mass is 249 g/mol. The lowest BCUT2D eigenvalue weighted by molar-refractivity contribution is -0.00792. The maximum absolute atomic E-state index is 6.22. The van der Waals surface area contributed by atoms with Gasteiger partial charge in [-0.15, -0.1) is 0 Å². The van der Waals surface area contributed by atoms with Crippen molar-refractivity contribution in [3.63, 3.8) is 0 Å². The molecule has 1 fully saturated rings. The molecule has 1 aliphatic rings. The summed E-state index contributed by atoms with van der Waals surface area (Å²) in [6, 6.07) is 8.17. The zero-order valence-electron chi connectivity index (χ0n) is 11.3. The van der Waals surface area contributed by atoms with E-state index in [0.717, 1.165) is 12.3 Å². The molecule has 1 aromatic rings. The van der Waals surface area contributed by atoms with E-state index in [1.165, 1.54) is 31.2 Å². The number of benzene rings is 1. The minimum atomic E-state index is 0.119. The summed E-state index contributed by atoms with van der Waals surface area (Å²) in [5.41, 5.74) is 1.19. The molecule has 3 nitrogen and oxygen atoms in total. The summed E-state index contributed by atoms with van der Waals surface area (Å²) >= 11 is 0. The third kappa shape index (κ3) is 3.47. The van der Waals surface area contributed by atoms with Crippen LogP contribution < -0.4 is 10.1 Å². The Morgan fingerprint density at radius 3 is 2.78 bits per heavy atom. The molecule has 0 radical (unpaired) electrons. The van der Waals surface area contributed by atoms with E-state index in [0.29, 0.717) is 6.10 Å². The van der Waals surface area contributed by atoms with Gasteiger partial charge >= 0.3 is 0 Å². The van der Waals surface area contributed by atoms with Crippen LogP contribution in [0.3, 0.4) is 0 Å². The summed E-state index contributed by atoms with van der Waals surface area (Å²) in [4.78, 5) is 0. The van der Waals surface area contributed by atoms with Crippen LogP contribution in [0.25, 0.3) is 0 Å². The Balaban J connectivity index is 2.06. The lowest BCUT2D eigenvalue weighted by Crippen LogP contribution is -2.23. The van der Waals surface area contributed by atoms with Crippen LogP contribution in [-0.2, 0) is 4.74 Å². The fourth-order valence-electron chi connectivity index (χ4n) is 2.53. The molecule has 0 bridgehead atoms. The number of methoxy groups -OCH3 is 1. The Hall–Kier alpha value is -1.06. The summed E-state index contributed by atoms with van der Waals surface area (Å²) in [5.74, 6) is 0.892. The highest BCUT2D eigenvalue weighted by molar-refractivity contribution is 5.30. The van der Waals surface area contributed by atoms with Crippen molar-refractivity contribution in [1.29, 1.82) is 0 Å². The molecule has 1 saturated carbocycles. The molecular formula is C15H23NO2. The average molecular weight is 249 g/mol. The van der Waals surface area contributed by atoms with Crippen molar-refractivity contribution in [1.82, 2.24) is 5.32 Å². The smallest absolute Gasteiger partial charge is 0.119 e. The third-order valence-electron chi connectivity index (χ3n) is 3.51. The van der Waals surface area contributed by atoms with Crippen LogP contribution >= 0.6 is 0 Å². The summed E-state index contributed by atoms with van der Waals surface area (Å²) in [6.45, 7) is 0.837. The molecule has 3 heteroatoms. The molecule has 100 valence electrons. The highest BCUT2D eigenvalue weighted by Gasteiger charge is 2.21. The van der Waals surface area contributed by atoms with Gasteiger partial charge in [0.05, 0.1) is 19.3 Å². The van der Waals surface area contributed by atoms with Crippen LogP contribution in [0.4, 0.5) is 0 Å². The van der Waals surface area contributed by atoms with Crippen molar-refractivity contribution in [2.45, 2.75) is 37.9 Å². The van der Waals surface area contributed by atoms with E-state index < -0.39 is 0 Å². The van der Waals surface area contributed by atoms with E-state index in [-0.39, 0.29) is 6.10 Å². The van der Waals surface area contributed by atoms with Crippen LogP contribution in [-0.4, -0.2) is 26.8 Å². The van der Waals surface area contributed by atoms with Crippen molar-refractivity contribution in [2.24, 2.45) is 0 Å². The summed E-state index contributed by atoms with van der Waals surface area (Å²) < 4.78 is 11.5. The molecule has 1 aliphatic carbocycles. The van der Waals surface area contributed by atoms with Gasteiger partial charge in [0.2, 0.25) is 0 Å². The van der Waals surface area contributed by atoms with Gasteiger partial charge in [0, 0.05) is 6.54 Å². The van der Waals surface area contributed by atoms with Gasteiger partial charge in [-0.1, -0.05) is 25.0 Å². The number of rotatable bonds is 6. The van der Waals surface area contributed by atoms with Gasteiger partial charge in [-0.3, -0.25) is 0 Å². The molecule has 1 N–H and O–H groups in total. The molecule has 0 spiro atoms. The lowest BCUT2D eigenvalue weighted by atomic mass is 10.1.